The van der Waals surface area contributed by atoms with Crippen LogP contribution in [0.4, 0.5) is 17.6 Å². The molecule has 0 aliphatic rings. The predicted molar refractivity (Wildman–Crippen MR) is 95.0 cm³/mol. The summed E-state index contributed by atoms with van der Waals surface area (Å²) in [5, 5.41) is 2.58. The standard InChI is InChI=1S/C20H22F4N2O/c1-11-10-25-17(19(3,4)5)9-14(11)18(27)26-12(2)15-8-13(20(22,23)24)6-7-16(15)21/h6-10,12H,1-5H3,(H,26,27)/t12-/m1/s1. The number of carbonyl (C=O) groups is 1. The maximum atomic E-state index is 14.0. The van der Waals surface area contributed by atoms with Crippen molar-refractivity contribution in [3.63, 3.8) is 0 Å². The maximum Gasteiger partial charge on any atom is 0.416 e. The quantitative estimate of drug-likeness (QED) is 0.729. The second kappa shape index (κ2) is 7.29. The van der Waals surface area contributed by atoms with Crippen molar-refractivity contribution in [2.75, 3.05) is 0 Å². The van der Waals surface area contributed by atoms with Crippen LogP contribution in [0, 0.1) is 12.7 Å². The van der Waals surface area contributed by atoms with Crippen molar-refractivity contribution < 1.29 is 22.4 Å². The molecule has 0 bridgehead atoms. The van der Waals surface area contributed by atoms with Gasteiger partial charge < -0.3 is 5.32 Å². The minimum atomic E-state index is -4.59. The van der Waals surface area contributed by atoms with Gasteiger partial charge in [0.25, 0.3) is 5.91 Å². The third kappa shape index (κ3) is 4.84. The van der Waals surface area contributed by atoms with Gasteiger partial charge in [-0.1, -0.05) is 20.8 Å². The van der Waals surface area contributed by atoms with E-state index >= 15 is 0 Å². The molecule has 2 aromatic rings. The lowest BCUT2D eigenvalue weighted by molar-refractivity contribution is -0.137. The molecule has 3 nitrogen and oxygen atoms in total. The van der Waals surface area contributed by atoms with Crippen LogP contribution in [-0.4, -0.2) is 10.9 Å². The Kier molecular flexibility index (Phi) is 5.63. The predicted octanol–water partition coefficient (Wildman–Crippen LogP) is 5.34. The number of alkyl halides is 3. The fraction of sp³-hybridized carbons (Fsp3) is 0.400. The Morgan fingerprint density at radius 2 is 1.78 bits per heavy atom. The molecule has 0 fully saturated rings. The lowest BCUT2D eigenvalue weighted by Gasteiger charge is -2.21. The molecule has 0 radical (unpaired) electrons. The molecule has 0 unspecified atom stereocenters. The number of rotatable bonds is 3. The molecule has 0 aliphatic carbocycles. The number of hydrogen-bond donors (Lipinski definition) is 1. The minimum Gasteiger partial charge on any atom is -0.345 e. The van der Waals surface area contributed by atoms with E-state index in [1.807, 2.05) is 20.8 Å². The molecule has 146 valence electrons. The molecule has 1 aromatic heterocycles. The minimum absolute atomic E-state index is 0.221. The zero-order valence-corrected chi connectivity index (χ0v) is 15.8. The van der Waals surface area contributed by atoms with E-state index < -0.39 is 29.5 Å². The molecule has 0 saturated heterocycles. The van der Waals surface area contributed by atoms with E-state index in [1.165, 1.54) is 6.92 Å². The lowest BCUT2D eigenvalue weighted by atomic mass is 9.90. The molecular formula is C20H22F4N2O. The van der Waals surface area contributed by atoms with Crippen LogP contribution in [0.1, 0.15) is 66.5 Å². The highest BCUT2D eigenvalue weighted by Crippen LogP contribution is 2.32. The van der Waals surface area contributed by atoms with Crippen LogP contribution in [-0.2, 0) is 11.6 Å². The van der Waals surface area contributed by atoms with Gasteiger partial charge in [-0.2, -0.15) is 13.2 Å². The molecule has 0 spiro atoms. The number of nitrogens with one attached hydrogen (secondary N) is 1. The normalized spacial score (nSPS) is 13.4. The number of aryl methyl sites for hydroxylation is 1. The van der Waals surface area contributed by atoms with Crippen molar-refractivity contribution in [3.8, 4) is 0 Å². The number of amides is 1. The van der Waals surface area contributed by atoms with E-state index in [0.29, 0.717) is 22.9 Å². The van der Waals surface area contributed by atoms with Gasteiger partial charge in [-0.05, 0) is 43.7 Å². The van der Waals surface area contributed by atoms with Crippen molar-refractivity contribution in [2.24, 2.45) is 0 Å². The molecular weight excluding hydrogens is 360 g/mol. The van der Waals surface area contributed by atoms with Gasteiger partial charge in [0.05, 0.1) is 11.6 Å². The van der Waals surface area contributed by atoms with Crippen LogP contribution in [0.5, 0.6) is 0 Å². The fourth-order valence-corrected chi connectivity index (χ4v) is 2.58. The summed E-state index contributed by atoms with van der Waals surface area (Å²) in [6.45, 7) is 9.01. The Hall–Kier alpha value is -2.44. The highest BCUT2D eigenvalue weighted by molar-refractivity contribution is 5.95. The summed E-state index contributed by atoms with van der Waals surface area (Å²) in [4.78, 5) is 17.0. The van der Waals surface area contributed by atoms with E-state index in [0.717, 1.165) is 12.1 Å². The Balaban J connectivity index is 2.31. The van der Waals surface area contributed by atoms with Crippen molar-refractivity contribution in [3.05, 3.63) is 64.2 Å². The monoisotopic (exact) mass is 382 g/mol. The molecule has 1 heterocycles. The maximum absolute atomic E-state index is 14.0. The molecule has 2 rings (SSSR count). The van der Waals surface area contributed by atoms with Crippen LogP contribution in [0.3, 0.4) is 0 Å². The van der Waals surface area contributed by atoms with E-state index in [1.54, 1.807) is 19.2 Å². The Bertz CT molecular complexity index is 854. The van der Waals surface area contributed by atoms with Crippen molar-refractivity contribution in [1.29, 1.82) is 0 Å². The molecule has 1 atom stereocenters. The van der Waals surface area contributed by atoms with E-state index in [-0.39, 0.29) is 11.0 Å². The van der Waals surface area contributed by atoms with E-state index in [2.05, 4.69) is 10.3 Å². The number of halogens is 4. The Morgan fingerprint density at radius 3 is 2.33 bits per heavy atom. The van der Waals surface area contributed by atoms with E-state index in [9.17, 15) is 22.4 Å². The zero-order chi connectivity index (χ0) is 20.6. The summed E-state index contributed by atoms with van der Waals surface area (Å²) in [7, 11) is 0. The first kappa shape index (κ1) is 20.9. The van der Waals surface area contributed by atoms with Crippen molar-refractivity contribution in [1.82, 2.24) is 10.3 Å². The number of benzene rings is 1. The largest absolute Gasteiger partial charge is 0.416 e. The zero-order valence-electron chi connectivity index (χ0n) is 15.8. The molecule has 7 heteroatoms. The van der Waals surface area contributed by atoms with Crippen molar-refractivity contribution >= 4 is 5.91 Å². The van der Waals surface area contributed by atoms with E-state index in [4.69, 9.17) is 0 Å². The summed E-state index contributed by atoms with van der Waals surface area (Å²) in [6.07, 6.45) is -3.01. The molecule has 1 aromatic carbocycles. The van der Waals surface area contributed by atoms with Gasteiger partial charge in [0, 0.05) is 28.4 Å². The summed E-state index contributed by atoms with van der Waals surface area (Å²) in [5.74, 6) is -1.30. The molecule has 1 N–H and O–H groups in total. The van der Waals surface area contributed by atoms with Crippen LogP contribution in [0.25, 0.3) is 0 Å². The van der Waals surface area contributed by atoms with Gasteiger partial charge in [-0.15, -0.1) is 0 Å². The van der Waals surface area contributed by atoms with Gasteiger partial charge in [-0.25, -0.2) is 4.39 Å². The number of aromatic nitrogens is 1. The highest BCUT2D eigenvalue weighted by atomic mass is 19.4. The van der Waals surface area contributed by atoms with Gasteiger partial charge in [-0.3, -0.25) is 9.78 Å². The smallest absolute Gasteiger partial charge is 0.345 e. The lowest BCUT2D eigenvalue weighted by Crippen LogP contribution is -2.29. The SMILES string of the molecule is Cc1cnc(C(C)(C)C)cc1C(=O)N[C@H](C)c1cc(C(F)(F)F)ccc1F. The highest BCUT2D eigenvalue weighted by Gasteiger charge is 2.32. The first-order chi connectivity index (χ1) is 12.3. The number of hydrogen-bond acceptors (Lipinski definition) is 2. The first-order valence-corrected chi connectivity index (χ1v) is 8.45. The summed E-state index contributed by atoms with van der Waals surface area (Å²) in [5.41, 5.74) is 0.222. The van der Waals surface area contributed by atoms with Crippen LogP contribution < -0.4 is 5.32 Å². The van der Waals surface area contributed by atoms with Gasteiger partial charge in [0.1, 0.15) is 5.82 Å². The third-order valence-corrected chi connectivity index (χ3v) is 4.25. The summed E-state index contributed by atoms with van der Waals surface area (Å²) >= 11 is 0. The molecule has 1 amide bonds. The number of pyridine rings is 1. The topological polar surface area (TPSA) is 42.0 Å². The second-order valence-corrected chi connectivity index (χ2v) is 7.56. The average molecular weight is 382 g/mol. The van der Waals surface area contributed by atoms with Crippen LogP contribution >= 0.6 is 0 Å². The fourth-order valence-electron chi connectivity index (χ4n) is 2.58. The third-order valence-electron chi connectivity index (χ3n) is 4.25. The first-order valence-electron chi connectivity index (χ1n) is 8.45. The second-order valence-electron chi connectivity index (χ2n) is 7.56. The average Bonchev–Trinajstić information content (AvgIpc) is 2.53. The van der Waals surface area contributed by atoms with Crippen molar-refractivity contribution in [2.45, 2.75) is 52.3 Å². The summed E-state index contributed by atoms with van der Waals surface area (Å²) < 4.78 is 52.7. The van der Waals surface area contributed by atoms with Crippen LogP contribution in [0.15, 0.2) is 30.5 Å². The molecule has 27 heavy (non-hydrogen) atoms. The van der Waals surface area contributed by atoms with Gasteiger partial charge in [0.15, 0.2) is 0 Å². The number of carbonyl (C=O) groups excluding carboxylic acids is 1. The van der Waals surface area contributed by atoms with Crippen LogP contribution in [0.2, 0.25) is 0 Å². The molecule has 0 aliphatic heterocycles. The van der Waals surface area contributed by atoms with Gasteiger partial charge in [0.2, 0.25) is 0 Å². The Labute approximate surface area is 155 Å². The molecule has 0 saturated carbocycles. The summed E-state index contributed by atoms with van der Waals surface area (Å²) in [6, 6.07) is 2.87. The van der Waals surface area contributed by atoms with Gasteiger partial charge >= 0.3 is 6.18 Å². The number of nitrogens with zero attached hydrogens (tertiary/aromatic N) is 1. The Morgan fingerprint density at radius 1 is 1.15 bits per heavy atom.